The van der Waals surface area contributed by atoms with E-state index in [4.69, 9.17) is 4.74 Å². The molecule has 1 N–H and O–H groups in total. The zero-order valence-corrected chi connectivity index (χ0v) is 17.2. The molecule has 1 fully saturated rings. The summed E-state index contributed by atoms with van der Waals surface area (Å²) in [5.41, 5.74) is 1.13. The second-order valence-corrected chi connectivity index (χ2v) is 7.88. The molecule has 7 heteroatoms. The highest BCUT2D eigenvalue weighted by atomic mass is 19.1. The van der Waals surface area contributed by atoms with E-state index in [1.165, 1.54) is 18.5 Å². The van der Waals surface area contributed by atoms with Crippen LogP contribution < -0.4 is 15.0 Å². The van der Waals surface area contributed by atoms with E-state index >= 15 is 0 Å². The third-order valence-corrected chi connectivity index (χ3v) is 4.22. The molecule has 0 bridgehead atoms. The van der Waals surface area contributed by atoms with Gasteiger partial charge in [0.15, 0.2) is 11.6 Å². The van der Waals surface area contributed by atoms with Crippen LogP contribution in [0.2, 0.25) is 0 Å². The predicted molar refractivity (Wildman–Crippen MR) is 108 cm³/mol. The number of carbonyl (C=O) groups excluding carboxylic acids is 1. The van der Waals surface area contributed by atoms with Crippen LogP contribution >= 0.6 is 0 Å². The summed E-state index contributed by atoms with van der Waals surface area (Å²) in [6.45, 7) is 12.1. The van der Waals surface area contributed by atoms with Crippen LogP contribution in [0.3, 0.4) is 0 Å². The number of aromatic nitrogens is 2. The van der Waals surface area contributed by atoms with Crippen molar-refractivity contribution in [1.29, 1.82) is 0 Å². The minimum atomic E-state index is -0.252. The number of hydrogen-bond acceptors (Lipinski definition) is 5. The molecule has 0 spiro atoms. The first-order valence-electron chi connectivity index (χ1n) is 9.46. The fourth-order valence-electron chi connectivity index (χ4n) is 2.94. The second kappa shape index (κ2) is 9.48. The molecule has 0 radical (unpaired) electrons. The molecular formula is C21H29FN4O2. The van der Waals surface area contributed by atoms with Gasteiger partial charge >= 0.3 is 0 Å². The van der Waals surface area contributed by atoms with Crippen molar-refractivity contribution in [3.63, 3.8) is 0 Å². The minimum Gasteiger partial charge on any atom is -0.452 e. The Labute approximate surface area is 166 Å². The predicted octanol–water partition coefficient (Wildman–Crippen LogP) is 3.96. The first kappa shape index (κ1) is 21.6. The Morgan fingerprint density at radius 1 is 1.32 bits per heavy atom. The Morgan fingerprint density at radius 2 is 2.04 bits per heavy atom. The summed E-state index contributed by atoms with van der Waals surface area (Å²) in [5, 5.41) is 2.53. The number of ether oxygens (including phenoxy) is 1. The second-order valence-electron chi connectivity index (χ2n) is 7.88. The molecule has 3 rings (SSSR count). The van der Waals surface area contributed by atoms with Crippen LogP contribution in [-0.4, -0.2) is 35.5 Å². The molecular weight excluding hydrogens is 359 g/mol. The van der Waals surface area contributed by atoms with Crippen LogP contribution in [0.5, 0.6) is 11.5 Å². The maximum absolute atomic E-state index is 13.3. The first-order valence-corrected chi connectivity index (χ1v) is 9.46. The number of amides is 1. The van der Waals surface area contributed by atoms with Crippen LogP contribution in [-0.2, 0) is 11.2 Å². The zero-order valence-electron chi connectivity index (χ0n) is 17.2. The standard InChI is InChI=1S/C17H20FN3O.C4H9NO/c1-4-12-7-13(18)5-6-14(12)22-15-8-19-11-20-16(15)21-9-17(2,3)10-21;1-4(2)5-3-6/h5-8,11H,4,9-10H2,1-3H3;3-4H,1-2H3,(H,5,6). The minimum absolute atomic E-state index is 0.252. The largest absolute Gasteiger partial charge is 0.452 e. The van der Waals surface area contributed by atoms with Crippen LogP contribution in [0, 0.1) is 11.2 Å². The lowest BCUT2D eigenvalue weighted by Crippen LogP contribution is -2.53. The molecule has 1 amide bonds. The van der Waals surface area contributed by atoms with E-state index < -0.39 is 0 Å². The smallest absolute Gasteiger partial charge is 0.207 e. The van der Waals surface area contributed by atoms with Gasteiger partial charge in [-0.3, -0.25) is 4.79 Å². The van der Waals surface area contributed by atoms with Crippen molar-refractivity contribution in [1.82, 2.24) is 15.3 Å². The van der Waals surface area contributed by atoms with Gasteiger partial charge < -0.3 is 15.0 Å². The van der Waals surface area contributed by atoms with Crippen LogP contribution in [0.25, 0.3) is 0 Å². The molecule has 1 saturated heterocycles. The van der Waals surface area contributed by atoms with Crippen molar-refractivity contribution in [2.75, 3.05) is 18.0 Å². The average Bonchev–Trinajstić information content (AvgIpc) is 2.62. The number of anilines is 1. The summed E-state index contributed by atoms with van der Waals surface area (Å²) in [6.07, 6.45) is 4.59. The maximum atomic E-state index is 13.3. The zero-order chi connectivity index (χ0) is 20.7. The van der Waals surface area contributed by atoms with Gasteiger partial charge in [-0.2, -0.15) is 0 Å². The van der Waals surface area contributed by atoms with Crippen molar-refractivity contribution < 1.29 is 13.9 Å². The van der Waals surface area contributed by atoms with E-state index in [1.54, 1.807) is 12.3 Å². The SMILES string of the molecule is CC(C)NC=O.CCc1cc(F)ccc1Oc1cncnc1N1CC(C)(C)C1. The molecule has 2 heterocycles. The molecule has 0 atom stereocenters. The van der Waals surface area contributed by atoms with Gasteiger partial charge in [0.1, 0.15) is 17.9 Å². The highest BCUT2D eigenvalue weighted by Gasteiger charge is 2.36. The summed E-state index contributed by atoms with van der Waals surface area (Å²) >= 11 is 0. The van der Waals surface area contributed by atoms with E-state index in [0.717, 1.165) is 24.5 Å². The Hall–Kier alpha value is -2.70. The van der Waals surface area contributed by atoms with E-state index in [-0.39, 0.29) is 11.9 Å². The normalized spacial score (nSPS) is 14.6. The average molecular weight is 388 g/mol. The van der Waals surface area contributed by atoms with E-state index in [9.17, 15) is 9.18 Å². The van der Waals surface area contributed by atoms with Gasteiger partial charge in [0.05, 0.1) is 6.20 Å². The molecule has 0 aliphatic carbocycles. The number of nitrogens with zero attached hydrogens (tertiary/aromatic N) is 3. The van der Waals surface area contributed by atoms with Crippen molar-refractivity contribution in [3.8, 4) is 11.5 Å². The molecule has 0 unspecified atom stereocenters. The Morgan fingerprint density at radius 3 is 2.57 bits per heavy atom. The summed E-state index contributed by atoms with van der Waals surface area (Å²) in [4.78, 5) is 20.1. The first-order chi connectivity index (χ1) is 13.3. The fourth-order valence-corrected chi connectivity index (χ4v) is 2.94. The van der Waals surface area contributed by atoms with Gasteiger partial charge in [-0.05, 0) is 49.4 Å². The van der Waals surface area contributed by atoms with E-state index in [2.05, 4.69) is 34.0 Å². The van der Waals surface area contributed by atoms with Crippen molar-refractivity contribution >= 4 is 12.2 Å². The van der Waals surface area contributed by atoms with Gasteiger partial charge in [-0.1, -0.05) is 20.8 Å². The van der Waals surface area contributed by atoms with Crippen molar-refractivity contribution in [2.45, 2.75) is 47.1 Å². The summed E-state index contributed by atoms with van der Waals surface area (Å²) in [5.74, 6) is 1.80. The van der Waals surface area contributed by atoms with Crippen LogP contribution in [0.4, 0.5) is 10.2 Å². The molecule has 1 aromatic carbocycles. The van der Waals surface area contributed by atoms with Gasteiger partial charge in [0.25, 0.3) is 0 Å². The number of nitrogens with one attached hydrogen (secondary N) is 1. The van der Waals surface area contributed by atoms with Crippen LogP contribution in [0.15, 0.2) is 30.7 Å². The molecule has 152 valence electrons. The van der Waals surface area contributed by atoms with Crippen LogP contribution in [0.1, 0.15) is 40.2 Å². The number of aryl methyl sites for hydroxylation is 1. The lowest BCUT2D eigenvalue weighted by atomic mass is 9.84. The number of carbonyl (C=O) groups is 1. The number of rotatable bonds is 6. The molecule has 6 nitrogen and oxygen atoms in total. The molecule has 1 aliphatic rings. The Bertz CT molecular complexity index is 788. The van der Waals surface area contributed by atoms with Crippen molar-refractivity contribution in [3.05, 3.63) is 42.1 Å². The Kier molecular flexibility index (Phi) is 7.31. The molecule has 2 aromatic rings. The van der Waals surface area contributed by atoms with Gasteiger partial charge in [-0.15, -0.1) is 0 Å². The molecule has 1 aromatic heterocycles. The molecule has 0 saturated carbocycles. The summed E-state index contributed by atoms with van der Waals surface area (Å²) in [7, 11) is 0. The summed E-state index contributed by atoms with van der Waals surface area (Å²) < 4.78 is 19.3. The van der Waals surface area contributed by atoms with Gasteiger partial charge in [0, 0.05) is 19.1 Å². The number of halogens is 1. The van der Waals surface area contributed by atoms with Gasteiger partial charge in [-0.25, -0.2) is 14.4 Å². The Balaban J connectivity index is 0.000000409. The maximum Gasteiger partial charge on any atom is 0.207 e. The summed E-state index contributed by atoms with van der Waals surface area (Å²) in [6, 6.07) is 4.85. The fraction of sp³-hybridized carbons (Fsp3) is 0.476. The quantitative estimate of drug-likeness (QED) is 0.759. The van der Waals surface area contributed by atoms with E-state index in [0.29, 0.717) is 29.7 Å². The van der Waals surface area contributed by atoms with E-state index in [1.807, 2.05) is 20.8 Å². The van der Waals surface area contributed by atoms with Crippen molar-refractivity contribution in [2.24, 2.45) is 5.41 Å². The lowest BCUT2D eigenvalue weighted by Gasteiger charge is -2.46. The number of hydrogen-bond donors (Lipinski definition) is 1. The third kappa shape index (κ3) is 5.90. The third-order valence-electron chi connectivity index (χ3n) is 4.22. The topological polar surface area (TPSA) is 67.3 Å². The highest BCUT2D eigenvalue weighted by molar-refractivity contribution is 5.55. The monoisotopic (exact) mass is 388 g/mol. The van der Waals surface area contributed by atoms with Gasteiger partial charge in [0.2, 0.25) is 6.41 Å². The lowest BCUT2D eigenvalue weighted by molar-refractivity contribution is -0.109. The number of benzene rings is 1. The highest BCUT2D eigenvalue weighted by Crippen LogP contribution is 2.38. The molecule has 1 aliphatic heterocycles. The molecule has 28 heavy (non-hydrogen) atoms.